The van der Waals surface area contributed by atoms with Gasteiger partial charge < -0.3 is 9.84 Å². The average Bonchev–Trinajstić information content (AvgIpc) is 2.91. The Morgan fingerprint density at radius 1 is 1.52 bits per heavy atom. The van der Waals surface area contributed by atoms with Gasteiger partial charge in [0.05, 0.1) is 12.7 Å². The summed E-state index contributed by atoms with van der Waals surface area (Å²) in [5.41, 5.74) is 0.829. The molecule has 1 aromatic rings. The Kier molecular flexibility index (Phi) is 5.70. The number of hydrogen-bond donors (Lipinski definition) is 1. The van der Waals surface area contributed by atoms with Crippen LogP contribution in [-0.2, 0) is 11.3 Å². The van der Waals surface area contributed by atoms with Crippen molar-refractivity contribution in [2.75, 3.05) is 20.3 Å². The lowest BCUT2D eigenvalue weighted by Gasteiger charge is -2.24. The fraction of sp³-hybridized carbons (Fsp3) is 0.562. The molecule has 0 aromatic heterocycles. The number of carbonyl (C=O) groups is 1. The molecule has 0 spiro atoms. The number of esters is 1. The van der Waals surface area contributed by atoms with Crippen LogP contribution >= 0.6 is 0 Å². The number of carbonyl (C=O) groups excluding carboxylic acids is 1. The predicted octanol–water partition coefficient (Wildman–Crippen LogP) is 2.35. The lowest BCUT2D eigenvalue weighted by Crippen LogP contribution is -2.29. The van der Waals surface area contributed by atoms with E-state index in [-0.39, 0.29) is 12.2 Å². The molecule has 0 amide bonds. The Morgan fingerprint density at radius 3 is 3.00 bits per heavy atom. The van der Waals surface area contributed by atoms with Gasteiger partial charge in [-0.15, -0.1) is 0 Å². The van der Waals surface area contributed by atoms with Crippen LogP contribution in [-0.4, -0.2) is 42.3 Å². The second kappa shape index (κ2) is 7.52. The highest BCUT2D eigenvalue weighted by Gasteiger charge is 2.24. The van der Waals surface area contributed by atoms with Crippen molar-refractivity contribution in [3.05, 3.63) is 35.1 Å². The van der Waals surface area contributed by atoms with Crippen molar-refractivity contribution >= 4 is 5.97 Å². The minimum atomic E-state index is -0.652. The summed E-state index contributed by atoms with van der Waals surface area (Å²) in [5.74, 6) is -1.19. The zero-order valence-electron chi connectivity index (χ0n) is 12.3. The van der Waals surface area contributed by atoms with Crippen LogP contribution in [0.1, 0.15) is 41.6 Å². The Morgan fingerprint density at radius 2 is 2.33 bits per heavy atom. The lowest BCUT2D eigenvalue weighted by atomic mass is 10.1. The second-order valence-corrected chi connectivity index (χ2v) is 5.44. The van der Waals surface area contributed by atoms with Crippen LogP contribution in [0.4, 0.5) is 4.39 Å². The second-order valence-electron chi connectivity index (χ2n) is 5.44. The van der Waals surface area contributed by atoms with E-state index < -0.39 is 11.8 Å². The maximum atomic E-state index is 13.9. The molecule has 5 heteroatoms. The van der Waals surface area contributed by atoms with Gasteiger partial charge in [0.15, 0.2) is 0 Å². The van der Waals surface area contributed by atoms with Crippen molar-refractivity contribution in [2.45, 2.75) is 38.3 Å². The number of likely N-dealkylation sites (tertiary alicyclic amines) is 1. The molecule has 1 aliphatic heterocycles. The molecular weight excluding hydrogens is 273 g/mol. The topological polar surface area (TPSA) is 49.8 Å². The van der Waals surface area contributed by atoms with Gasteiger partial charge in [-0.1, -0.05) is 6.07 Å². The molecule has 0 aliphatic carbocycles. The molecule has 21 heavy (non-hydrogen) atoms. The maximum Gasteiger partial charge on any atom is 0.340 e. The van der Waals surface area contributed by atoms with Gasteiger partial charge in [-0.25, -0.2) is 9.18 Å². The van der Waals surface area contributed by atoms with Gasteiger partial charge in [0.1, 0.15) is 5.82 Å². The van der Waals surface area contributed by atoms with Gasteiger partial charge in [-0.2, -0.15) is 0 Å². The molecule has 1 atom stereocenters. The summed E-state index contributed by atoms with van der Waals surface area (Å²) in [6.07, 6.45) is 4.04. The normalized spacial score (nSPS) is 18.9. The molecule has 1 fully saturated rings. The number of nitrogens with zero attached hydrogens (tertiary/aromatic N) is 1. The molecule has 4 nitrogen and oxygen atoms in total. The number of aliphatic hydroxyl groups is 1. The summed E-state index contributed by atoms with van der Waals surface area (Å²) in [7, 11) is 1.24. The SMILES string of the molecule is COC(=O)c1ccc(CN2CCCC2CCCO)cc1F. The van der Waals surface area contributed by atoms with E-state index in [2.05, 4.69) is 9.64 Å². The van der Waals surface area contributed by atoms with E-state index in [1.807, 2.05) is 0 Å². The maximum absolute atomic E-state index is 13.9. The van der Waals surface area contributed by atoms with Crippen molar-refractivity contribution in [3.63, 3.8) is 0 Å². The third-order valence-corrected chi connectivity index (χ3v) is 4.02. The van der Waals surface area contributed by atoms with Crippen LogP contribution in [0.25, 0.3) is 0 Å². The summed E-state index contributed by atoms with van der Waals surface area (Å²) in [6.45, 7) is 1.89. The van der Waals surface area contributed by atoms with Crippen LogP contribution in [0.15, 0.2) is 18.2 Å². The van der Waals surface area contributed by atoms with Crippen LogP contribution < -0.4 is 0 Å². The van der Waals surface area contributed by atoms with Gasteiger partial charge >= 0.3 is 5.97 Å². The molecule has 1 unspecified atom stereocenters. The third-order valence-electron chi connectivity index (χ3n) is 4.02. The molecule has 1 aromatic carbocycles. The molecule has 0 bridgehead atoms. The van der Waals surface area contributed by atoms with Crippen LogP contribution in [0, 0.1) is 5.82 Å². The molecule has 1 N–H and O–H groups in total. The number of hydrogen-bond acceptors (Lipinski definition) is 4. The van der Waals surface area contributed by atoms with Crippen molar-refractivity contribution in [2.24, 2.45) is 0 Å². The Hall–Kier alpha value is -1.46. The number of halogens is 1. The highest BCUT2D eigenvalue weighted by Crippen LogP contribution is 2.24. The minimum absolute atomic E-state index is 0.0282. The van der Waals surface area contributed by atoms with Gasteiger partial charge in [0, 0.05) is 19.2 Å². The summed E-state index contributed by atoms with van der Waals surface area (Å²) >= 11 is 0. The van der Waals surface area contributed by atoms with E-state index in [9.17, 15) is 9.18 Å². The Labute approximate surface area is 124 Å². The van der Waals surface area contributed by atoms with Gasteiger partial charge in [0.2, 0.25) is 0 Å². The third kappa shape index (κ3) is 4.02. The zero-order chi connectivity index (χ0) is 15.2. The molecule has 1 saturated heterocycles. The first-order valence-electron chi connectivity index (χ1n) is 7.37. The smallest absolute Gasteiger partial charge is 0.340 e. The first-order chi connectivity index (χ1) is 10.2. The highest BCUT2D eigenvalue weighted by atomic mass is 19.1. The minimum Gasteiger partial charge on any atom is -0.465 e. The average molecular weight is 295 g/mol. The number of benzene rings is 1. The highest BCUT2D eigenvalue weighted by molar-refractivity contribution is 5.89. The Bertz CT molecular complexity index is 492. The number of ether oxygens (including phenoxy) is 1. The molecule has 116 valence electrons. The van der Waals surface area contributed by atoms with Crippen molar-refractivity contribution in [1.29, 1.82) is 0 Å². The summed E-state index contributed by atoms with van der Waals surface area (Å²) in [4.78, 5) is 13.7. The summed E-state index contributed by atoms with van der Waals surface area (Å²) in [5, 5.41) is 8.93. The largest absolute Gasteiger partial charge is 0.465 e. The first-order valence-corrected chi connectivity index (χ1v) is 7.37. The fourth-order valence-corrected chi connectivity index (χ4v) is 2.92. The summed E-state index contributed by atoms with van der Waals surface area (Å²) in [6, 6.07) is 5.13. The van der Waals surface area contributed by atoms with E-state index in [4.69, 9.17) is 5.11 Å². The van der Waals surface area contributed by atoms with Gasteiger partial charge in [-0.05, 0) is 49.9 Å². The van der Waals surface area contributed by atoms with Gasteiger partial charge in [0.25, 0.3) is 0 Å². The van der Waals surface area contributed by atoms with Crippen molar-refractivity contribution in [3.8, 4) is 0 Å². The number of methoxy groups -OCH3 is 1. The predicted molar refractivity (Wildman–Crippen MR) is 77.5 cm³/mol. The van der Waals surface area contributed by atoms with Crippen LogP contribution in [0.2, 0.25) is 0 Å². The quantitative estimate of drug-likeness (QED) is 0.819. The van der Waals surface area contributed by atoms with E-state index in [0.717, 1.165) is 37.8 Å². The van der Waals surface area contributed by atoms with E-state index in [1.54, 1.807) is 6.07 Å². The lowest BCUT2D eigenvalue weighted by molar-refractivity contribution is 0.0595. The van der Waals surface area contributed by atoms with Crippen molar-refractivity contribution < 1.29 is 19.0 Å². The molecular formula is C16H22FNO3. The van der Waals surface area contributed by atoms with Crippen molar-refractivity contribution in [1.82, 2.24) is 4.90 Å². The standard InChI is InChI=1S/C16H22FNO3/c1-21-16(20)14-7-6-12(10-15(14)17)11-18-8-2-4-13(18)5-3-9-19/h6-7,10,13,19H,2-5,8-9,11H2,1H3. The Balaban J connectivity index is 2.02. The number of aliphatic hydroxyl groups excluding tert-OH is 1. The molecule has 1 heterocycles. The van der Waals surface area contributed by atoms with E-state index in [1.165, 1.54) is 19.2 Å². The number of rotatable bonds is 6. The molecule has 2 rings (SSSR count). The molecule has 0 radical (unpaired) electrons. The monoisotopic (exact) mass is 295 g/mol. The molecule has 0 saturated carbocycles. The van der Waals surface area contributed by atoms with Gasteiger partial charge in [-0.3, -0.25) is 4.90 Å². The van der Waals surface area contributed by atoms with Crippen LogP contribution in [0.5, 0.6) is 0 Å². The van der Waals surface area contributed by atoms with E-state index in [0.29, 0.717) is 12.6 Å². The molecule has 1 aliphatic rings. The summed E-state index contributed by atoms with van der Waals surface area (Å²) < 4.78 is 18.4. The van der Waals surface area contributed by atoms with Crippen LogP contribution in [0.3, 0.4) is 0 Å². The zero-order valence-corrected chi connectivity index (χ0v) is 12.3. The first kappa shape index (κ1) is 15.9. The fourth-order valence-electron chi connectivity index (χ4n) is 2.92. The van der Waals surface area contributed by atoms with E-state index >= 15 is 0 Å².